The fourth-order valence-corrected chi connectivity index (χ4v) is 1.95. The lowest BCUT2D eigenvalue weighted by Crippen LogP contribution is -2.46. The first-order valence-electron chi connectivity index (χ1n) is 5.04. The van der Waals surface area contributed by atoms with Gasteiger partial charge in [-0.05, 0) is 25.7 Å². The Morgan fingerprint density at radius 3 is 2.67 bits per heavy atom. The molecule has 2 rings (SSSR count). The second-order valence-electron chi connectivity index (χ2n) is 3.74. The highest BCUT2D eigenvalue weighted by molar-refractivity contribution is 4.71. The van der Waals surface area contributed by atoms with Crippen LogP contribution in [0.5, 0.6) is 0 Å². The number of ether oxygens (including phenoxy) is 1. The molecular formula is C9H18N2O. The molecular weight excluding hydrogens is 152 g/mol. The first kappa shape index (κ1) is 8.48. The normalized spacial score (nSPS) is 32.5. The molecule has 0 aromatic rings. The maximum absolute atomic E-state index is 5.40. The second kappa shape index (κ2) is 4.21. The molecule has 0 aromatic heterocycles. The van der Waals surface area contributed by atoms with Crippen molar-refractivity contribution < 1.29 is 4.74 Å². The number of rotatable bonds is 2. The quantitative estimate of drug-likeness (QED) is 0.662. The SMILES string of the molecule is C1COCC(NN2CCCC2)C1. The Labute approximate surface area is 74.0 Å². The van der Waals surface area contributed by atoms with Gasteiger partial charge in [-0.1, -0.05) is 0 Å². The molecule has 0 aliphatic carbocycles. The molecule has 0 saturated carbocycles. The van der Waals surface area contributed by atoms with Crippen molar-refractivity contribution in [1.82, 2.24) is 10.4 Å². The van der Waals surface area contributed by atoms with Crippen LogP contribution < -0.4 is 5.43 Å². The standard InChI is InChI=1S/C9H18N2O/c1-2-6-11(5-1)10-9-4-3-7-12-8-9/h9-10H,1-8H2. The van der Waals surface area contributed by atoms with Gasteiger partial charge in [0.05, 0.1) is 6.61 Å². The molecule has 0 bridgehead atoms. The average molecular weight is 170 g/mol. The molecule has 1 unspecified atom stereocenters. The fraction of sp³-hybridized carbons (Fsp3) is 1.00. The summed E-state index contributed by atoms with van der Waals surface area (Å²) < 4.78 is 5.40. The summed E-state index contributed by atoms with van der Waals surface area (Å²) in [5.41, 5.74) is 3.53. The zero-order chi connectivity index (χ0) is 8.23. The molecule has 0 aromatic carbocycles. The molecule has 2 aliphatic heterocycles. The van der Waals surface area contributed by atoms with Gasteiger partial charge in [0.15, 0.2) is 0 Å². The number of hydrogen-bond acceptors (Lipinski definition) is 3. The van der Waals surface area contributed by atoms with Crippen molar-refractivity contribution in [2.45, 2.75) is 31.7 Å². The van der Waals surface area contributed by atoms with Gasteiger partial charge < -0.3 is 4.74 Å². The van der Waals surface area contributed by atoms with Gasteiger partial charge in [0, 0.05) is 25.7 Å². The molecule has 1 N–H and O–H groups in total. The second-order valence-corrected chi connectivity index (χ2v) is 3.74. The van der Waals surface area contributed by atoms with Crippen molar-refractivity contribution in [2.24, 2.45) is 0 Å². The van der Waals surface area contributed by atoms with E-state index in [-0.39, 0.29) is 0 Å². The largest absolute Gasteiger partial charge is 0.380 e. The van der Waals surface area contributed by atoms with Crippen LogP contribution in [0.2, 0.25) is 0 Å². The Hall–Kier alpha value is -0.120. The maximum atomic E-state index is 5.40. The molecule has 1 atom stereocenters. The highest BCUT2D eigenvalue weighted by Gasteiger charge is 2.18. The number of nitrogens with one attached hydrogen (secondary N) is 1. The van der Waals surface area contributed by atoms with Crippen LogP contribution >= 0.6 is 0 Å². The Morgan fingerprint density at radius 2 is 2.00 bits per heavy atom. The molecule has 2 saturated heterocycles. The fourth-order valence-electron chi connectivity index (χ4n) is 1.95. The van der Waals surface area contributed by atoms with Gasteiger partial charge >= 0.3 is 0 Å². The lowest BCUT2D eigenvalue weighted by atomic mass is 10.1. The van der Waals surface area contributed by atoms with E-state index < -0.39 is 0 Å². The number of nitrogens with zero attached hydrogens (tertiary/aromatic N) is 1. The van der Waals surface area contributed by atoms with Crippen molar-refractivity contribution in [3.8, 4) is 0 Å². The summed E-state index contributed by atoms with van der Waals surface area (Å²) >= 11 is 0. The van der Waals surface area contributed by atoms with Gasteiger partial charge in [-0.2, -0.15) is 0 Å². The summed E-state index contributed by atoms with van der Waals surface area (Å²) in [6.07, 6.45) is 5.18. The van der Waals surface area contributed by atoms with Crippen LogP contribution in [0.3, 0.4) is 0 Å². The van der Waals surface area contributed by atoms with E-state index in [1.165, 1.54) is 38.8 Å². The van der Waals surface area contributed by atoms with E-state index in [1.807, 2.05) is 0 Å². The predicted molar refractivity (Wildman–Crippen MR) is 47.8 cm³/mol. The molecule has 12 heavy (non-hydrogen) atoms. The van der Waals surface area contributed by atoms with Gasteiger partial charge in [-0.15, -0.1) is 0 Å². The van der Waals surface area contributed by atoms with E-state index in [9.17, 15) is 0 Å². The van der Waals surface area contributed by atoms with Crippen LogP contribution in [-0.2, 0) is 4.74 Å². The van der Waals surface area contributed by atoms with E-state index >= 15 is 0 Å². The highest BCUT2D eigenvalue weighted by atomic mass is 16.5. The smallest absolute Gasteiger partial charge is 0.0633 e. The minimum Gasteiger partial charge on any atom is -0.380 e. The monoisotopic (exact) mass is 170 g/mol. The third kappa shape index (κ3) is 2.19. The Balaban J connectivity index is 1.69. The first-order chi connectivity index (χ1) is 5.95. The van der Waals surface area contributed by atoms with Gasteiger partial charge in [0.1, 0.15) is 0 Å². The summed E-state index contributed by atoms with van der Waals surface area (Å²) in [4.78, 5) is 0. The van der Waals surface area contributed by atoms with E-state index in [4.69, 9.17) is 4.74 Å². The van der Waals surface area contributed by atoms with Crippen molar-refractivity contribution in [1.29, 1.82) is 0 Å². The molecule has 2 heterocycles. The maximum Gasteiger partial charge on any atom is 0.0633 e. The number of hydrogen-bond donors (Lipinski definition) is 1. The van der Waals surface area contributed by atoms with Crippen molar-refractivity contribution in [3.05, 3.63) is 0 Å². The van der Waals surface area contributed by atoms with Crippen LogP contribution in [0.4, 0.5) is 0 Å². The molecule has 2 aliphatic rings. The van der Waals surface area contributed by atoms with Gasteiger partial charge in [-0.3, -0.25) is 0 Å². The summed E-state index contributed by atoms with van der Waals surface area (Å²) in [6, 6.07) is 0.580. The Morgan fingerprint density at radius 1 is 1.17 bits per heavy atom. The van der Waals surface area contributed by atoms with E-state index in [0.717, 1.165) is 13.2 Å². The van der Waals surface area contributed by atoms with E-state index in [1.54, 1.807) is 0 Å². The Kier molecular flexibility index (Phi) is 2.98. The summed E-state index contributed by atoms with van der Waals surface area (Å²) in [6.45, 7) is 4.29. The third-order valence-electron chi connectivity index (χ3n) is 2.63. The van der Waals surface area contributed by atoms with Gasteiger partial charge in [-0.25, -0.2) is 10.4 Å². The summed E-state index contributed by atoms with van der Waals surface area (Å²) in [5.74, 6) is 0. The zero-order valence-electron chi connectivity index (χ0n) is 7.59. The zero-order valence-corrected chi connectivity index (χ0v) is 7.59. The van der Waals surface area contributed by atoms with Crippen molar-refractivity contribution in [2.75, 3.05) is 26.3 Å². The van der Waals surface area contributed by atoms with Crippen LogP contribution in [-0.4, -0.2) is 37.4 Å². The first-order valence-corrected chi connectivity index (χ1v) is 5.04. The topological polar surface area (TPSA) is 24.5 Å². The molecule has 70 valence electrons. The lowest BCUT2D eigenvalue weighted by molar-refractivity contribution is 0.0404. The van der Waals surface area contributed by atoms with E-state index in [2.05, 4.69) is 10.4 Å². The Bertz CT molecular complexity index is 128. The van der Waals surface area contributed by atoms with Crippen molar-refractivity contribution in [3.63, 3.8) is 0 Å². The molecule has 0 radical (unpaired) electrons. The molecule has 0 spiro atoms. The summed E-state index contributed by atoms with van der Waals surface area (Å²) in [5, 5.41) is 2.35. The molecule has 2 fully saturated rings. The molecule has 0 amide bonds. The van der Waals surface area contributed by atoms with Crippen LogP contribution in [0.1, 0.15) is 25.7 Å². The third-order valence-corrected chi connectivity index (χ3v) is 2.63. The molecule has 3 heteroatoms. The van der Waals surface area contributed by atoms with Crippen LogP contribution in [0.15, 0.2) is 0 Å². The molecule has 3 nitrogen and oxygen atoms in total. The minimum absolute atomic E-state index is 0.580. The van der Waals surface area contributed by atoms with E-state index in [0.29, 0.717) is 6.04 Å². The van der Waals surface area contributed by atoms with Crippen LogP contribution in [0, 0.1) is 0 Å². The van der Waals surface area contributed by atoms with Crippen molar-refractivity contribution >= 4 is 0 Å². The highest BCUT2D eigenvalue weighted by Crippen LogP contribution is 2.09. The van der Waals surface area contributed by atoms with Gasteiger partial charge in [0.2, 0.25) is 0 Å². The predicted octanol–water partition coefficient (Wildman–Crippen LogP) is 0.766. The summed E-state index contributed by atoms with van der Waals surface area (Å²) in [7, 11) is 0. The number of hydrazine groups is 1. The van der Waals surface area contributed by atoms with Gasteiger partial charge in [0.25, 0.3) is 0 Å². The van der Waals surface area contributed by atoms with Crippen LogP contribution in [0.25, 0.3) is 0 Å². The minimum atomic E-state index is 0.580. The average Bonchev–Trinajstić information content (AvgIpc) is 2.59. The lowest BCUT2D eigenvalue weighted by Gasteiger charge is -2.28.